The van der Waals surface area contributed by atoms with Gasteiger partial charge in [0.1, 0.15) is 0 Å². The standard InChI is InChI=1S/C52H50Si2.C42H38Si2.C40H50Si4/c1-51(2)43-17-13-11-15-33(43)35-21-19-31(27-45(35)51)41-29-47(53(5,6)7)39-26-24-38-42(30-48(54(8,9)10)40-25-23-37(41)49(39)50(38)40)32-20-22-36-34-16-12-14-18-44(34)52(3,4)46(36)28-32;1-43(2,3)39-25-37(31-17-15-27-11-7-9-13-29(27)23-31)33-20-22-36-40(44(4,5)6)26-38(34-19-21-35(39)41(33)42(34)36)32-18-16-28-12-8-10-14-30(28)24-32;1-41(2,3)29-17-13-27(14-18-29)35-25-37(43(7,8)9)33-24-22-32-36(28-15-19-30(20-16-28)42(4,5)6)26-38(44(10,11)12)34-23-21-31(35)39(33)40(32)34/h11-30H,1-10H3;7-26H,1-6H3;13-26H,1-12H3. The van der Waals surface area contributed by atoms with E-state index in [4.69, 9.17) is 0 Å². The highest BCUT2D eigenvalue weighted by molar-refractivity contribution is 6.94. The Kier molecular flexibility index (Phi) is 22.4. The lowest BCUT2D eigenvalue weighted by atomic mass is 9.80. The molecular formula is C134H138Si8. The molecule has 0 aromatic heterocycles. The predicted molar refractivity (Wildman–Crippen MR) is 657 cm³/mol. The lowest BCUT2D eigenvalue weighted by Crippen LogP contribution is -2.39. The van der Waals surface area contributed by atoms with E-state index in [1.807, 2.05) is 0 Å². The summed E-state index contributed by atoms with van der Waals surface area (Å²) in [5.74, 6) is 0. The van der Waals surface area contributed by atoms with Gasteiger partial charge in [-0.25, -0.2) is 0 Å². The Balaban J connectivity index is 0.000000123. The third-order valence-electron chi connectivity index (χ3n) is 32.6. The summed E-state index contributed by atoms with van der Waals surface area (Å²) in [6.45, 7) is 69.4. The van der Waals surface area contributed by atoms with E-state index in [0.717, 1.165) is 0 Å². The molecule has 0 radical (unpaired) electrons. The summed E-state index contributed by atoms with van der Waals surface area (Å²) in [4.78, 5) is 0. The van der Waals surface area contributed by atoms with Crippen molar-refractivity contribution in [3.63, 3.8) is 0 Å². The maximum Gasteiger partial charge on any atom is 0.0784 e. The highest BCUT2D eigenvalue weighted by Crippen LogP contribution is 2.55. The summed E-state index contributed by atoms with van der Waals surface area (Å²) in [5, 5.41) is 43.3. The smallest absolute Gasteiger partial charge is 0.0656 e. The van der Waals surface area contributed by atoms with Gasteiger partial charge in [0.05, 0.1) is 64.6 Å². The molecule has 24 rings (SSSR count). The zero-order valence-corrected chi connectivity index (χ0v) is 97.2. The van der Waals surface area contributed by atoms with Crippen LogP contribution >= 0.6 is 0 Å². The minimum atomic E-state index is -1.77. The highest BCUT2D eigenvalue weighted by atomic mass is 28.3. The van der Waals surface area contributed by atoms with Crippen LogP contribution < -0.4 is 41.5 Å². The first-order valence-electron chi connectivity index (χ1n) is 52.1. The molecule has 0 nitrogen and oxygen atoms in total. The molecular weight excluding hydrogens is 1830 g/mol. The quantitative estimate of drug-likeness (QED) is 0.0752. The molecule has 706 valence electrons. The summed E-state index contributed by atoms with van der Waals surface area (Å²) >= 11 is 0. The fraction of sp³-hybridized carbons (Fsp3) is 0.224. The first-order valence-corrected chi connectivity index (χ1v) is 80.1. The second-order valence-corrected chi connectivity index (χ2v) is 91.6. The fourth-order valence-corrected chi connectivity index (χ4v) is 36.8. The lowest BCUT2D eigenvalue weighted by molar-refractivity contribution is 0.660. The SMILES string of the molecule is CC1(C)c2ccccc2-c2ccc(-c3cc([Si](C)(C)C)c4ccc5c(-c6ccc7c(c6)C(C)(C)c6ccccc6-7)cc([Si](C)(C)C)c6ccc3c4c56)cc21.C[Si](C)(C)c1cc(-c2ccc3ccccc3c2)c2ccc3c([Si](C)(C)C)cc(-c4ccc5ccccc5c4)c4ccc1c2c43.C[Si](C)(C)c1ccc(-c2cc([Si](C)(C)C)c3ccc4c(-c5ccc([Si](C)(C)C)cc5)cc([Si](C)(C)C)c5ccc2c3c45)cc1. The third kappa shape index (κ3) is 15.8. The van der Waals surface area contributed by atoms with Gasteiger partial charge in [0.2, 0.25) is 0 Å². The van der Waals surface area contributed by atoms with Crippen molar-refractivity contribution in [1.29, 1.82) is 0 Å². The molecule has 2 aliphatic carbocycles. The molecule has 22 aromatic carbocycles. The summed E-state index contributed by atoms with van der Waals surface area (Å²) in [5.41, 5.74) is 27.4. The van der Waals surface area contributed by atoms with E-state index < -0.39 is 64.6 Å². The van der Waals surface area contributed by atoms with Gasteiger partial charge in [0, 0.05) is 10.8 Å². The molecule has 8 heteroatoms. The second-order valence-electron chi connectivity index (χ2n) is 51.2. The van der Waals surface area contributed by atoms with Gasteiger partial charge in [-0.15, -0.1) is 0 Å². The molecule has 22 aromatic rings. The average Bonchev–Trinajstić information content (AvgIpc) is 1.22. The van der Waals surface area contributed by atoms with E-state index in [1.54, 1.807) is 31.1 Å². The van der Waals surface area contributed by atoms with Crippen LogP contribution in [-0.2, 0) is 10.8 Å². The molecule has 0 bridgehead atoms. The van der Waals surface area contributed by atoms with Crippen LogP contribution in [0.4, 0.5) is 0 Å². The van der Waals surface area contributed by atoms with E-state index in [0.29, 0.717) is 0 Å². The number of fused-ring (bicyclic) bond motifs is 8. The molecule has 0 saturated carbocycles. The van der Waals surface area contributed by atoms with Crippen molar-refractivity contribution in [2.45, 2.75) is 196 Å². The number of hydrogen-bond acceptors (Lipinski definition) is 0. The minimum Gasteiger partial charge on any atom is -0.0656 e. The van der Waals surface area contributed by atoms with E-state index in [2.05, 4.69) is 512 Å². The van der Waals surface area contributed by atoms with Gasteiger partial charge < -0.3 is 0 Å². The van der Waals surface area contributed by atoms with E-state index in [-0.39, 0.29) is 10.8 Å². The maximum atomic E-state index is 2.59. The Labute approximate surface area is 851 Å². The first-order chi connectivity index (χ1) is 67.0. The molecule has 0 unspecified atom stereocenters. The van der Waals surface area contributed by atoms with Crippen molar-refractivity contribution in [3.05, 3.63) is 350 Å². The van der Waals surface area contributed by atoms with Crippen molar-refractivity contribution in [3.8, 4) is 89.0 Å². The van der Waals surface area contributed by atoms with Crippen LogP contribution in [0.25, 0.3) is 208 Å². The molecule has 2 aliphatic rings. The first kappa shape index (κ1) is 95.1. The van der Waals surface area contributed by atoms with Crippen LogP contribution in [0.3, 0.4) is 0 Å². The molecule has 0 heterocycles. The van der Waals surface area contributed by atoms with Gasteiger partial charge in [0.25, 0.3) is 0 Å². The van der Waals surface area contributed by atoms with Gasteiger partial charge in [-0.1, -0.05) is 530 Å². The second kappa shape index (κ2) is 33.4. The zero-order valence-electron chi connectivity index (χ0n) is 89.2. The van der Waals surface area contributed by atoms with Crippen LogP contribution in [0.15, 0.2) is 328 Å². The molecule has 0 atom stereocenters. The predicted octanol–water partition coefficient (Wildman–Crippen LogP) is 35.0. The third-order valence-corrected chi connectivity index (χ3v) is 48.9. The van der Waals surface area contributed by atoms with Crippen LogP contribution in [0, 0.1) is 0 Å². The summed E-state index contributed by atoms with van der Waals surface area (Å²) in [6, 6.07) is 128. The van der Waals surface area contributed by atoms with Crippen LogP contribution in [0.1, 0.15) is 49.9 Å². The Morgan fingerprint density at radius 3 is 0.585 bits per heavy atom. The van der Waals surface area contributed by atoms with Gasteiger partial charge in [-0.05, 0) is 254 Å². The van der Waals surface area contributed by atoms with Crippen LogP contribution in [-0.4, -0.2) is 64.6 Å². The number of rotatable bonds is 14. The van der Waals surface area contributed by atoms with E-state index in [9.17, 15) is 0 Å². The van der Waals surface area contributed by atoms with Crippen molar-refractivity contribution in [2.75, 3.05) is 0 Å². The van der Waals surface area contributed by atoms with Crippen molar-refractivity contribution in [1.82, 2.24) is 0 Å². The van der Waals surface area contributed by atoms with E-state index >= 15 is 0 Å². The van der Waals surface area contributed by atoms with Crippen LogP contribution in [0.2, 0.25) is 157 Å². The number of benzene rings is 22. The Morgan fingerprint density at radius 2 is 0.338 bits per heavy atom. The Hall–Kier alpha value is -11.8. The fourth-order valence-electron chi connectivity index (χ4n) is 24.9. The monoisotopic (exact) mass is 1970 g/mol. The average molecular weight is 1970 g/mol. The number of hydrogen-bond donors (Lipinski definition) is 0. The summed E-state index contributed by atoms with van der Waals surface area (Å²) in [6.07, 6.45) is 0. The van der Waals surface area contributed by atoms with Gasteiger partial charge >= 0.3 is 0 Å². The Morgan fingerprint density at radius 1 is 0.141 bits per heavy atom. The van der Waals surface area contributed by atoms with Gasteiger partial charge in [0.15, 0.2) is 0 Å². The van der Waals surface area contributed by atoms with Gasteiger partial charge in [-0.2, -0.15) is 0 Å². The lowest BCUT2D eigenvalue weighted by Gasteiger charge is -2.28. The molecule has 0 saturated heterocycles. The molecule has 0 amide bonds. The molecule has 0 fully saturated rings. The van der Waals surface area contributed by atoms with E-state index in [1.165, 1.54) is 240 Å². The molecule has 0 N–H and O–H groups in total. The van der Waals surface area contributed by atoms with Crippen molar-refractivity contribution < 1.29 is 0 Å². The molecule has 0 aliphatic heterocycles. The minimum absolute atomic E-state index is 0.0414. The zero-order chi connectivity index (χ0) is 100. The van der Waals surface area contributed by atoms with Crippen molar-refractivity contribution >= 4 is 225 Å². The molecule has 142 heavy (non-hydrogen) atoms. The maximum absolute atomic E-state index is 2.59. The van der Waals surface area contributed by atoms with Gasteiger partial charge in [-0.3, -0.25) is 0 Å². The molecule has 0 spiro atoms. The summed E-state index contributed by atoms with van der Waals surface area (Å²) in [7, 11) is -13.0. The van der Waals surface area contributed by atoms with Crippen molar-refractivity contribution in [2.24, 2.45) is 0 Å². The normalized spacial score (nSPS) is 14.0. The summed E-state index contributed by atoms with van der Waals surface area (Å²) < 4.78 is 0. The topological polar surface area (TPSA) is 0 Å². The van der Waals surface area contributed by atoms with Crippen LogP contribution in [0.5, 0.6) is 0 Å². The Bertz CT molecular complexity index is 8420. The largest absolute Gasteiger partial charge is 0.0784 e. The highest BCUT2D eigenvalue weighted by Gasteiger charge is 2.40.